The number of para-hydroxylation sites is 1. The van der Waals surface area contributed by atoms with Crippen LogP contribution in [0.15, 0.2) is 67.0 Å². The van der Waals surface area contributed by atoms with Crippen LogP contribution in [0.25, 0.3) is 0 Å². The lowest BCUT2D eigenvalue weighted by Crippen LogP contribution is -2.39. The molecule has 3 amide bonds. The van der Waals surface area contributed by atoms with Crippen molar-refractivity contribution in [3.63, 3.8) is 0 Å². The number of carbonyl (C=O) groups is 2. The zero-order valence-electron chi connectivity index (χ0n) is 15.9. The number of rotatable bonds is 5. The average Bonchev–Trinajstić information content (AvgIpc) is 3.28. The van der Waals surface area contributed by atoms with Crippen molar-refractivity contribution in [1.29, 1.82) is 0 Å². The van der Waals surface area contributed by atoms with Crippen LogP contribution >= 0.6 is 0 Å². The number of hydrogen-bond acceptors (Lipinski definition) is 4. The second-order valence-electron chi connectivity index (χ2n) is 6.82. The summed E-state index contributed by atoms with van der Waals surface area (Å²) in [5, 5.41) is 9.55. The van der Waals surface area contributed by atoms with Gasteiger partial charge < -0.3 is 20.3 Å². The van der Waals surface area contributed by atoms with Gasteiger partial charge in [-0.2, -0.15) is 5.10 Å². The van der Waals surface area contributed by atoms with Gasteiger partial charge in [0.05, 0.1) is 17.9 Å². The first kappa shape index (κ1) is 18.5. The van der Waals surface area contributed by atoms with E-state index in [0.717, 1.165) is 11.4 Å². The molecule has 2 aromatic carbocycles. The number of nitrogens with one attached hydrogen (secondary N) is 2. The van der Waals surface area contributed by atoms with Crippen LogP contribution in [0.4, 0.5) is 16.2 Å². The van der Waals surface area contributed by atoms with E-state index in [2.05, 4.69) is 15.7 Å². The van der Waals surface area contributed by atoms with Crippen LogP contribution in [-0.2, 0) is 11.8 Å². The molecule has 0 aliphatic carbocycles. The van der Waals surface area contributed by atoms with E-state index in [1.165, 1.54) is 0 Å². The number of carbonyl (C=O) groups excluding carboxylic acids is 2. The molecule has 1 fully saturated rings. The lowest BCUT2D eigenvalue weighted by Gasteiger charge is -2.18. The highest BCUT2D eigenvalue weighted by atomic mass is 16.5. The van der Waals surface area contributed by atoms with Gasteiger partial charge in [-0.3, -0.25) is 9.48 Å². The Hall–Kier alpha value is -3.81. The lowest BCUT2D eigenvalue weighted by molar-refractivity contribution is -0.117. The first-order valence-corrected chi connectivity index (χ1v) is 9.26. The fourth-order valence-electron chi connectivity index (χ4n) is 3.21. The van der Waals surface area contributed by atoms with Crippen LogP contribution in [0.3, 0.4) is 0 Å². The van der Waals surface area contributed by atoms with Gasteiger partial charge in [0.2, 0.25) is 5.91 Å². The predicted octanol–water partition coefficient (Wildman–Crippen LogP) is 3.14. The Bertz CT molecular complexity index is 1000. The fraction of sp³-hybridized carbons (Fsp3) is 0.190. The van der Waals surface area contributed by atoms with Crippen LogP contribution in [0.1, 0.15) is 6.42 Å². The molecule has 0 saturated carbocycles. The van der Waals surface area contributed by atoms with Crippen molar-refractivity contribution in [2.75, 3.05) is 16.8 Å². The molecule has 29 heavy (non-hydrogen) atoms. The molecule has 0 radical (unpaired) electrons. The first-order chi connectivity index (χ1) is 14.1. The van der Waals surface area contributed by atoms with E-state index in [1.54, 1.807) is 29.0 Å². The summed E-state index contributed by atoms with van der Waals surface area (Å²) >= 11 is 0. The van der Waals surface area contributed by atoms with Crippen molar-refractivity contribution in [3.05, 3.63) is 67.0 Å². The van der Waals surface area contributed by atoms with Crippen molar-refractivity contribution in [1.82, 2.24) is 15.1 Å². The number of hydrogen-bond donors (Lipinski definition) is 2. The summed E-state index contributed by atoms with van der Waals surface area (Å²) < 4.78 is 7.38. The smallest absolute Gasteiger partial charge is 0.319 e. The second kappa shape index (κ2) is 8.05. The summed E-state index contributed by atoms with van der Waals surface area (Å²) in [6, 6.07) is 16.2. The summed E-state index contributed by atoms with van der Waals surface area (Å²) in [6.07, 6.45) is 3.51. The van der Waals surface area contributed by atoms with Crippen LogP contribution in [0, 0.1) is 0 Å². The highest BCUT2D eigenvalue weighted by Crippen LogP contribution is 2.27. The van der Waals surface area contributed by atoms with Crippen molar-refractivity contribution >= 4 is 23.3 Å². The van der Waals surface area contributed by atoms with Crippen LogP contribution in [-0.4, -0.2) is 34.3 Å². The fourth-order valence-corrected chi connectivity index (χ4v) is 3.21. The van der Waals surface area contributed by atoms with E-state index < -0.39 is 0 Å². The highest BCUT2D eigenvalue weighted by Gasteiger charge is 2.31. The van der Waals surface area contributed by atoms with Crippen molar-refractivity contribution in [3.8, 4) is 11.5 Å². The molecule has 4 rings (SSSR count). The summed E-state index contributed by atoms with van der Waals surface area (Å²) in [6.45, 7) is 0.415. The third-order valence-electron chi connectivity index (χ3n) is 4.55. The number of amides is 3. The van der Waals surface area contributed by atoms with Gasteiger partial charge in [0, 0.05) is 31.9 Å². The van der Waals surface area contributed by atoms with E-state index >= 15 is 0 Å². The average molecular weight is 391 g/mol. The van der Waals surface area contributed by atoms with Gasteiger partial charge in [0.1, 0.15) is 11.5 Å². The van der Waals surface area contributed by atoms with Gasteiger partial charge in [-0.15, -0.1) is 0 Å². The molecule has 3 aromatic rings. The molecule has 1 saturated heterocycles. The number of benzene rings is 2. The molecule has 1 aliphatic rings. The first-order valence-electron chi connectivity index (χ1n) is 9.26. The summed E-state index contributed by atoms with van der Waals surface area (Å²) in [5.41, 5.74) is 1.37. The second-order valence-corrected chi connectivity index (χ2v) is 6.82. The number of urea groups is 1. The van der Waals surface area contributed by atoms with Crippen LogP contribution in [0.5, 0.6) is 11.5 Å². The molecular weight excluding hydrogens is 370 g/mol. The summed E-state index contributed by atoms with van der Waals surface area (Å²) in [7, 11) is 1.77. The maximum Gasteiger partial charge on any atom is 0.319 e. The Balaban J connectivity index is 1.34. The minimum Gasteiger partial charge on any atom is -0.457 e. The Morgan fingerprint density at radius 3 is 2.52 bits per heavy atom. The number of aryl methyl sites for hydroxylation is 1. The molecule has 148 valence electrons. The quantitative estimate of drug-likeness (QED) is 0.699. The minimum absolute atomic E-state index is 0.0339. The van der Waals surface area contributed by atoms with Crippen LogP contribution < -0.4 is 20.3 Å². The SMILES string of the molecule is Cn1cc(NC(=O)N[C@@H]2CC(=O)N(c3ccc(Oc4ccccc4)cc3)C2)cn1. The van der Waals surface area contributed by atoms with E-state index in [-0.39, 0.29) is 24.4 Å². The Morgan fingerprint density at radius 2 is 1.83 bits per heavy atom. The number of nitrogens with zero attached hydrogens (tertiary/aromatic N) is 3. The van der Waals surface area contributed by atoms with Gasteiger partial charge in [-0.1, -0.05) is 18.2 Å². The van der Waals surface area contributed by atoms with Crippen molar-refractivity contribution < 1.29 is 14.3 Å². The van der Waals surface area contributed by atoms with Gasteiger partial charge in [0.15, 0.2) is 0 Å². The van der Waals surface area contributed by atoms with Gasteiger partial charge in [-0.05, 0) is 36.4 Å². The van der Waals surface area contributed by atoms with E-state index in [0.29, 0.717) is 18.0 Å². The van der Waals surface area contributed by atoms with E-state index in [1.807, 2.05) is 54.6 Å². The van der Waals surface area contributed by atoms with E-state index in [4.69, 9.17) is 4.74 Å². The van der Waals surface area contributed by atoms with Crippen molar-refractivity contribution in [2.24, 2.45) is 7.05 Å². The van der Waals surface area contributed by atoms with Gasteiger partial charge >= 0.3 is 6.03 Å². The molecule has 0 bridgehead atoms. The summed E-state index contributed by atoms with van der Waals surface area (Å²) in [4.78, 5) is 26.2. The highest BCUT2D eigenvalue weighted by molar-refractivity contribution is 5.97. The van der Waals surface area contributed by atoms with Gasteiger partial charge in [-0.25, -0.2) is 4.79 Å². The normalized spacial score (nSPS) is 16.0. The number of ether oxygens (including phenoxy) is 1. The molecule has 2 heterocycles. The van der Waals surface area contributed by atoms with E-state index in [9.17, 15) is 9.59 Å². The maximum atomic E-state index is 12.4. The van der Waals surface area contributed by atoms with Crippen molar-refractivity contribution in [2.45, 2.75) is 12.5 Å². The Labute approximate surface area is 168 Å². The molecular formula is C21H21N5O3. The lowest BCUT2D eigenvalue weighted by atomic mass is 10.2. The summed E-state index contributed by atoms with van der Waals surface area (Å²) in [5.74, 6) is 1.41. The molecule has 1 atom stereocenters. The maximum absolute atomic E-state index is 12.4. The molecule has 0 spiro atoms. The zero-order chi connectivity index (χ0) is 20.2. The minimum atomic E-state index is -0.357. The number of aromatic nitrogens is 2. The third kappa shape index (κ3) is 4.55. The largest absolute Gasteiger partial charge is 0.457 e. The molecule has 1 aromatic heterocycles. The molecule has 2 N–H and O–H groups in total. The molecule has 1 aliphatic heterocycles. The molecule has 8 heteroatoms. The molecule has 0 unspecified atom stereocenters. The van der Waals surface area contributed by atoms with Gasteiger partial charge in [0.25, 0.3) is 0 Å². The van der Waals surface area contributed by atoms with Crippen LogP contribution in [0.2, 0.25) is 0 Å². The predicted molar refractivity (Wildman–Crippen MR) is 109 cm³/mol. The Kier molecular flexibility index (Phi) is 5.15. The topological polar surface area (TPSA) is 88.5 Å². The molecule has 8 nitrogen and oxygen atoms in total. The monoisotopic (exact) mass is 391 g/mol. The third-order valence-corrected chi connectivity index (χ3v) is 4.55. The standard InChI is InChI=1S/C21H21N5O3/c1-25-13-16(12-22-25)24-21(28)23-15-11-20(27)26(14-15)17-7-9-19(10-8-17)29-18-5-3-2-4-6-18/h2-10,12-13,15H,11,14H2,1H3,(H2,23,24,28)/t15-/m1/s1. The number of anilines is 2. The Morgan fingerprint density at radius 1 is 1.10 bits per heavy atom. The zero-order valence-corrected chi connectivity index (χ0v) is 15.9.